The third-order valence-electron chi connectivity index (χ3n) is 4.58. The van der Waals surface area contributed by atoms with Crippen LogP contribution in [0, 0.1) is 5.92 Å². The normalized spacial score (nSPS) is 17.5. The number of alkyl halides is 3. The van der Waals surface area contributed by atoms with Gasteiger partial charge in [-0.3, -0.25) is 4.79 Å². The number of carbonyl (C=O) groups is 2. The van der Waals surface area contributed by atoms with Gasteiger partial charge in [0, 0.05) is 0 Å². The molecular formula is C18H30F3NO4. The third-order valence-corrected chi connectivity index (χ3v) is 4.58. The summed E-state index contributed by atoms with van der Waals surface area (Å²) in [5.74, 6) is -3.06. The lowest BCUT2D eigenvalue weighted by molar-refractivity contribution is -0.192. The standard InChI is InChI=1S/C16H29NO2.C2HF3O2/c1-2-3-4-5-9-12-16(17,15(18)19)13-14-10-7-6-8-11-14;3-2(4,5)1(6)7/h2,14H,1,3-13,17H2,(H,18,19);(H,6,7). The molecule has 0 bridgehead atoms. The monoisotopic (exact) mass is 381 g/mol. The zero-order valence-corrected chi connectivity index (χ0v) is 15.1. The lowest BCUT2D eigenvalue weighted by Crippen LogP contribution is -2.49. The third kappa shape index (κ3) is 10.4. The summed E-state index contributed by atoms with van der Waals surface area (Å²) in [5.41, 5.74) is 5.16. The van der Waals surface area contributed by atoms with Crippen LogP contribution < -0.4 is 5.73 Å². The number of nitrogens with two attached hydrogens (primary N) is 1. The molecule has 8 heteroatoms. The van der Waals surface area contributed by atoms with Crippen molar-refractivity contribution in [2.45, 2.75) is 82.3 Å². The summed E-state index contributed by atoms with van der Waals surface area (Å²) in [4.78, 5) is 20.4. The minimum atomic E-state index is -5.08. The first-order valence-electron chi connectivity index (χ1n) is 8.96. The van der Waals surface area contributed by atoms with Crippen molar-refractivity contribution in [1.82, 2.24) is 0 Å². The Labute approximate surface area is 152 Å². The van der Waals surface area contributed by atoms with Gasteiger partial charge in [0.2, 0.25) is 0 Å². The maximum atomic E-state index is 11.5. The van der Waals surface area contributed by atoms with Crippen LogP contribution in [0.3, 0.4) is 0 Å². The summed E-state index contributed by atoms with van der Waals surface area (Å²) < 4.78 is 31.7. The van der Waals surface area contributed by atoms with Gasteiger partial charge in [-0.2, -0.15) is 13.2 Å². The first-order valence-corrected chi connectivity index (χ1v) is 8.96. The minimum Gasteiger partial charge on any atom is -0.480 e. The highest BCUT2D eigenvalue weighted by molar-refractivity contribution is 5.78. The number of halogens is 3. The van der Waals surface area contributed by atoms with Crippen molar-refractivity contribution in [1.29, 1.82) is 0 Å². The van der Waals surface area contributed by atoms with Crippen molar-refractivity contribution < 1.29 is 33.0 Å². The van der Waals surface area contributed by atoms with E-state index in [9.17, 15) is 23.1 Å². The van der Waals surface area contributed by atoms with Crippen LogP contribution in [0.1, 0.15) is 70.6 Å². The zero-order valence-electron chi connectivity index (χ0n) is 15.1. The molecule has 1 fully saturated rings. The molecule has 152 valence electrons. The molecule has 1 unspecified atom stereocenters. The molecule has 4 N–H and O–H groups in total. The Morgan fingerprint density at radius 3 is 2.00 bits per heavy atom. The fourth-order valence-electron chi connectivity index (χ4n) is 3.11. The van der Waals surface area contributed by atoms with Crippen LogP contribution in [0.5, 0.6) is 0 Å². The van der Waals surface area contributed by atoms with Gasteiger partial charge in [0.05, 0.1) is 0 Å². The van der Waals surface area contributed by atoms with E-state index in [2.05, 4.69) is 6.58 Å². The average Bonchev–Trinajstić information content (AvgIpc) is 2.55. The second-order valence-corrected chi connectivity index (χ2v) is 6.86. The number of carboxylic acid groups (broad SMARTS) is 2. The largest absolute Gasteiger partial charge is 0.490 e. The summed E-state index contributed by atoms with van der Waals surface area (Å²) >= 11 is 0. The Balaban J connectivity index is 0.000000758. The van der Waals surface area contributed by atoms with E-state index >= 15 is 0 Å². The smallest absolute Gasteiger partial charge is 0.480 e. The second-order valence-electron chi connectivity index (χ2n) is 6.86. The topological polar surface area (TPSA) is 101 Å². The lowest BCUT2D eigenvalue weighted by atomic mass is 9.77. The van der Waals surface area contributed by atoms with Gasteiger partial charge in [-0.25, -0.2) is 4.79 Å². The van der Waals surface area contributed by atoms with Gasteiger partial charge in [-0.15, -0.1) is 6.58 Å². The van der Waals surface area contributed by atoms with Crippen LogP contribution in [-0.2, 0) is 9.59 Å². The van der Waals surface area contributed by atoms with Crippen LogP contribution in [0.2, 0.25) is 0 Å². The Morgan fingerprint density at radius 2 is 1.58 bits per heavy atom. The molecule has 0 aromatic rings. The first kappa shape index (κ1) is 24.4. The Bertz CT molecular complexity index is 448. The lowest BCUT2D eigenvalue weighted by Gasteiger charge is -2.31. The molecule has 1 atom stereocenters. The van der Waals surface area contributed by atoms with Crippen molar-refractivity contribution in [2.75, 3.05) is 0 Å². The number of hydrogen-bond acceptors (Lipinski definition) is 3. The number of rotatable bonds is 9. The van der Waals surface area contributed by atoms with Gasteiger partial charge >= 0.3 is 18.1 Å². The SMILES string of the molecule is C=CCCCCCC(N)(CC1CCCCC1)C(=O)O.O=C(O)C(F)(F)F. The Kier molecular flexibility index (Phi) is 11.2. The van der Waals surface area contributed by atoms with Crippen molar-refractivity contribution in [2.24, 2.45) is 11.7 Å². The molecule has 1 rings (SSSR count). The van der Waals surface area contributed by atoms with E-state index in [1.165, 1.54) is 19.3 Å². The van der Waals surface area contributed by atoms with Gasteiger partial charge in [0.25, 0.3) is 0 Å². The average molecular weight is 381 g/mol. The van der Waals surface area contributed by atoms with Gasteiger partial charge in [0.1, 0.15) is 5.54 Å². The molecule has 0 heterocycles. The van der Waals surface area contributed by atoms with Gasteiger partial charge in [0.15, 0.2) is 0 Å². The van der Waals surface area contributed by atoms with Crippen LogP contribution in [0.15, 0.2) is 12.7 Å². The fourth-order valence-corrected chi connectivity index (χ4v) is 3.11. The molecule has 0 radical (unpaired) electrons. The molecule has 0 amide bonds. The highest BCUT2D eigenvalue weighted by Gasteiger charge is 2.38. The second kappa shape index (κ2) is 11.9. The molecule has 1 saturated carbocycles. The molecule has 0 saturated heterocycles. The number of allylic oxidation sites excluding steroid dienone is 1. The van der Waals surface area contributed by atoms with Crippen LogP contribution in [0.25, 0.3) is 0 Å². The Morgan fingerprint density at radius 1 is 1.04 bits per heavy atom. The number of carboxylic acids is 2. The van der Waals surface area contributed by atoms with Gasteiger partial charge < -0.3 is 15.9 Å². The molecule has 0 spiro atoms. The zero-order chi connectivity index (χ0) is 20.2. The summed E-state index contributed by atoms with van der Waals surface area (Å²) in [7, 11) is 0. The van der Waals surface area contributed by atoms with E-state index in [1.54, 1.807) is 0 Å². The van der Waals surface area contributed by atoms with Crippen molar-refractivity contribution >= 4 is 11.9 Å². The predicted octanol–water partition coefficient (Wildman–Crippen LogP) is 4.51. The molecule has 26 heavy (non-hydrogen) atoms. The van der Waals surface area contributed by atoms with Crippen molar-refractivity contribution in [3.05, 3.63) is 12.7 Å². The summed E-state index contributed by atoms with van der Waals surface area (Å²) in [6, 6.07) is 0. The first-order chi connectivity index (χ1) is 12.0. The predicted molar refractivity (Wildman–Crippen MR) is 92.7 cm³/mol. The molecular weight excluding hydrogens is 351 g/mol. The summed E-state index contributed by atoms with van der Waals surface area (Å²) in [6.45, 7) is 3.69. The summed E-state index contributed by atoms with van der Waals surface area (Å²) in [5, 5.41) is 16.5. The molecule has 5 nitrogen and oxygen atoms in total. The fraction of sp³-hybridized carbons (Fsp3) is 0.778. The van der Waals surface area contributed by atoms with Gasteiger partial charge in [-0.05, 0) is 31.6 Å². The van der Waals surface area contributed by atoms with E-state index in [0.717, 1.165) is 38.5 Å². The van der Waals surface area contributed by atoms with Crippen LogP contribution in [0.4, 0.5) is 13.2 Å². The van der Waals surface area contributed by atoms with Crippen molar-refractivity contribution in [3.8, 4) is 0 Å². The summed E-state index contributed by atoms with van der Waals surface area (Å²) in [6.07, 6.45) is 8.21. The maximum absolute atomic E-state index is 11.5. The molecule has 1 aliphatic carbocycles. The maximum Gasteiger partial charge on any atom is 0.490 e. The quantitative estimate of drug-likeness (QED) is 0.403. The highest BCUT2D eigenvalue weighted by atomic mass is 19.4. The van der Waals surface area contributed by atoms with Gasteiger partial charge in [-0.1, -0.05) is 51.0 Å². The van der Waals surface area contributed by atoms with E-state index < -0.39 is 23.7 Å². The highest BCUT2D eigenvalue weighted by Crippen LogP contribution is 2.32. The number of aliphatic carboxylic acids is 2. The van der Waals surface area contributed by atoms with E-state index in [4.69, 9.17) is 15.6 Å². The minimum absolute atomic E-state index is 0.517. The van der Waals surface area contributed by atoms with Crippen molar-refractivity contribution in [3.63, 3.8) is 0 Å². The van der Waals surface area contributed by atoms with E-state index in [1.807, 2.05) is 6.08 Å². The number of hydrogen-bond donors (Lipinski definition) is 3. The molecule has 1 aliphatic rings. The van der Waals surface area contributed by atoms with Crippen LogP contribution in [-0.4, -0.2) is 33.9 Å². The van der Waals surface area contributed by atoms with E-state index in [0.29, 0.717) is 18.8 Å². The van der Waals surface area contributed by atoms with E-state index in [-0.39, 0.29) is 0 Å². The Hall–Kier alpha value is -1.57. The molecule has 0 aromatic heterocycles. The van der Waals surface area contributed by atoms with Crippen LogP contribution >= 0.6 is 0 Å². The number of unbranched alkanes of at least 4 members (excludes halogenated alkanes) is 3. The molecule has 0 aromatic carbocycles. The molecule has 0 aliphatic heterocycles.